The first-order valence-corrected chi connectivity index (χ1v) is 13.0. The Hall–Kier alpha value is -0.203. The lowest BCUT2D eigenvalue weighted by Crippen LogP contribution is -2.35. The quantitative estimate of drug-likeness (QED) is 0.394. The van der Waals surface area contributed by atoms with Gasteiger partial charge >= 0.3 is 0 Å². The molecule has 1 aliphatic carbocycles. The summed E-state index contributed by atoms with van der Waals surface area (Å²) in [5, 5.41) is 20.4. The molecule has 1 heterocycles. The number of ether oxygens (including phenoxy) is 1. The van der Waals surface area contributed by atoms with Gasteiger partial charge in [-0.3, -0.25) is 0 Å². The number of aliphatic hydroxyl groups excluding tert-OH is 1. The molecule has 2 aliphatic rings. The standard InChI is InChI=1S/C19H36O4Si/c1-6-7-8-10-19(2,21)11-9-14-15-12-18(20)22-16(15)13-17(14)23-24(3,4)5/h9,11,14-18,20-21H,6-8,10,12-13H2,1-5H3/t14-,15?,16+,17-,18?,19?/m1/s1. The van der Waals surface area contributed by atoms with Crippen molar-refractivity contribution in [2.24, 2.45) is 11.8 Å². The molecule has 0 amide bonds. The van der Waals surface area contributed by atoms with Gasteiger partial charge in [-0.2, -0.15) is 0 Å². The fourth-order valence-corrected chi connectivity index (χ4v) is 5.18. The Kier molecular flexibility index (Phi) is 6.70. The average molecular weight is 357 g/mol. The predicted molar refractivity (Wildman–Crippen MR) is 99.2 cm³/mol. The number of hydrogen-bond donors (Lipinski definition) is 2. The van der Waals surface area contributed by atoms with Crippen LogP contribution in [-0.2, 0) is 9.16 Å². The van der Waals surface area contributed by atoms with Crippen LogP contribution in [0.1, 0.15) is 52.4 Å². The van der Waals surface area contributed by atoms with Gasteiger partial charge in [-0.05, 0) is 45.3 Å². The summed E-state index contributed by atoms with van der Waals surface area (Å²) in [6, 6.07) is 0. The van der Waals surface area contributed by atoms with Crippen LogP contribution in [0.3, 0.4) is 0 Å². The normalized spacial score (nSPS) is 36.2. The molecule has 0 aromatic rings. The van der Waals surface area contributed by atoms with Gasteiger partial charge in [-0.25, -0.2) is 0 Å². The predicted octanol–water partition coefficient (Wildman–Crippen LogP) is 3.84. The Morgan fingerprint density at radius 2 is 1.96 bits per heavy atom. The van der Waals surface area contributed by atoms with E-state index in [-0.39, 0.29) is 18.1 Å². The molecule has 2 N–H and O–H groups in total. The minimum Gasteiger partial charge on any atom is -0.414 e. The van der Waals surface area contributed by atoms with Gasteiger partial charge in [0.1, 0.15) is 0 Å². The highest BCUT2D eigenvalue weighted by atomic mass is 28.4. The second-order valence-electron chi connectivity index (χ2n) is 8.78. The zero-order chi connectivity index (χ0) is 18.0. The second kappa shape index (κ2) is 8.00. The van der Waals surface area contributed by atoms with Crippen LogP contribution in [0.4, 0.5) is 0 Å². The molecule has 0 spiro atoms. The van der Waals surface area contributed by atoms with Gasteiger partial charge in [-0.15, -0.1) is 0 Å². The first-order chi connectivity index (χ1) is 11.1. The Morgan fingerprint density at radius 1 is 1.25 bits per heavy atom. The van der Waals surface area contributed by atoms with Gasteiger partial charge in [0.15, 0.2) is 14.6 Å². The Balaban J connectivity index is 2.05. The van der Waals surface area contributed by atoms with Gasteiger partial charge in [0.25, 0.3) is 0 Å². The highest BCUT2D eigenvalue weighted by Crippen LogP contribution is 2.45. The third-order valence-corrected chi connectivity index (χ3v) is 6.15. The minimum absolute atomic E-state index is 0.0843. The summed E-state index contributed by atoms with van der Waals surface area (Å²) < 4.78 is 12.1. The topological polar surface area (TPSA) is 58.9 Å². The van der Waals surface area contributed by atoms with Crippen molar-refractivity contribution < 1.29 is 19.4 Å². The first kappa shape index (κ1) is 20.1. The molecule has 0 aromatic heterocycles. The Bertz CT molecular complexity index is 430. The highest BCUT2D eigenvalue weighted by molar-refractivity contribution is 6.69. The molecule has 140 valence electrons. The first-order valence-electron chi connectivity index (χ1n) is 9.54. The molecule has 24 heavy (non-hydrogen) atoms. The fourth-order valence-electron chi connectivity index (χ4n) is 4.02. The maximum atomic E-state index is 10.6. The van der Waals surface area contributed by atoms with E-state index in [0.717, 1.165) is 32.1 Å². The van der Waals surface area contributed by atoms with Crippen LogP contribution >= 0.6 is 0 Å². The Labute approximate surface area is 148 Å². The zero-order valence-corrected chi connectivity index (χ0v) is 17.0. The van der Waals surface area contributed by atoms with Crippen molar-refractivity contribution in [1.82, 2.24) is 0 Å². The lowest BCUT2D eigenvalue weighted by molar-refractivity contribution is -0.0944. The van der Waals surface area contributed by atoms with E-state index in [2.05, 4.69) is 32.6 Å². The smallest absolute Gasteiger partial charge is 0.184 e. The zero-order valence-electron chi connectivity index (χ0n) is 16.0. The molecule has 6 atom stereocenters. The molecule has 1 saturated heterocycles. The molecule has 5 heteroatoms. The summed E-state index contributed by atoms with van der Waals surface area (Å²) in [6.07, 6.45) is 9.34. The molecule has 0 radical (unpaired) electrons. The monoisotopic (exact) mass is 356 g/mol. The van der Waals surface area contributed by atoms with Gasteiger partial charge in [0, 0.05) is 12.3 Å². The van der Waals surface area contributed by atoms with Crippen LogP contribution in [-0.4, -0.2) is 42.6 Å². The third kappa shape index (κ3) is 5.66. The molecule has 2 rings (SSSR count). The van der Waals surface area contributed by atoms with E-state index in [4.69, 9.17) is 9.16 Å². The number of fused-ring (bicyclic) bond motifs is 1. The van der Waals surface area contributed by atoms with Gasteiger partial charge < -0.3 is 19.4 Å². The summed E-state index contributed by atoms with van der Waals surface area (Å²) in [5.41, 5.74) is -0.769. The van der Waals surface area contributed by atoms with Gasteiger partial charge in [0.2, 0.25) is 0 Å². The maximum absolute atomic E-state index is 10.6. The van der Waals surface area contributed by atoms with Crippen molar-refractivity contribution in [3.63, 3.8) is 0 Å². The lowest BCUT2D eigenvalue weighted by atomic mass is 9.89. The summed E-state index contributed by atoms with van der Waals surface area (Å²) in [7, 11) is -1.64. The number of rotatable bonds is 8. The molecule has 2 fully saturated rings. The molecular formula is C19H36O4Si. The molecule has 0 aromatic carbocycles. The van der Waals surface area contributed by atoms with Gasteiger partial charge in [0.05, 0.1) is 17.8 Å². The van der Waals surface area contributed by atoms with Crippen molar-refractivity contribution in [2.75, 3.05) is 0 Å². The van der Waals surface area contributed by atoms with Crippen molar-refractivity contribution >= 4 is 8.32 Å². The number of unbranched alkanes of at least 4 members (excludes halogenated alkanes) is 2. The van der Waals surface area contributed by atoms with E-state index in [1.807, 2.05) is 13.0 Å². The SMILES string of the molecule is CCCCCC(C)(O)C=C[C@@H]1C2CC(O)O[C@H]2C[C@H]1O[Si](C)(C)C. The maximum Gasteiger partial charge on any atom is 0.184 e. The van der Waals surface area contributed by atoms with Gasteiger partial charge in [-0.1, -0.05) is 38.3 Å². The van der Waals surface area contributed by atoms with E-state index >= 15 is 0 Å². The van der Waals surface area contributed by atoms with Crippen LogP contribution in [0, 0.1) is 11.8 Å². The Morgan fingerprint density at radius 3 is 2.58 bits per heavy atom. The van der Waals surface area contributed by atoms with E-state index in [1.165, 1.54) is 0 Å². The molecular weight excluding hydrogens is 320 g/mol. The van der Waals surface area contributed by atoms with E-state index < -0.39 is 20.2 Å². The second-order valence-corrected chi connectivity index (χ2v) is 13.2. The van der Waals surface area contributed by atoms with Crippen molar-refractivity contribution in [3.05, 3.63) is 12.2 Å². The lowest BCUT2D eigenvalue weighted by Gasteiger charge is -2.29. The number of hydrogen-bond acceptors (Lipinski definition) is 4. The summed E-state index contributed by atoms with van der Waals surface area (Å²) in [6.45, 7) is 10.7. The summed E-state index contributed by atoms with van der Waals surface area (Å²) in [5.74, 6) is 0.514. The van der Waals surface area contributed by atoms with E-state index in [1.54, 1.807) is 0 Å². The van der Waals surface area contributed by atoms with Crippen LogP contribution in [0.15, 0.2) is 12.2 Å². The van der Waals surface area contributed by atoms with Crippen LogP contribution in [0.5, 0.6) is 0 Å². The molecule has 0 bridgehead atoms. The molecule has 4 nitrogen and oxygen atoms in total. The molecule has 3 unspecified atom stereocenters. The van der Waals surface area contributed by atoms with Crippen molar-refractivity contribution in [3.8, 4) is 0 Å². The largest absolute Gasteiger partial charge is 0.414 e. The van der Waals surface area contributed by atoms with Crippen molar-refractivity contribution in [2.45, 2.75) is 96.1 Å². The fraction of sp³-hybridized carbons (Fsp3) is 0.895. The van der Waals surface area contributed by atoms with Crippen LogP contribution in [0.25, 0.3) is 0 Å². The molecule has 1 aliphatic heterocycles. The van der Waals surface area contributed by atoms with Crippen LogP contribution in [0.2, 0.25) is 19.6 Å². The van der Waals surface area contributed by atoms with Crippen LogP contribution < -0.4 is 0 Å². The highest BCUT2D eigenvalue weighted by Gasteiger charge is 2.49. The van der Waals surface area contributed by atoms with E-state index in [0.29, 0.717) is 12.3 Å². The molecule has 1 saturated carbocycles. The van der Waals surface area contributed by atoms with Crippen molar-refractivity contribution in [1.29, 1.82) is 0 Å². The summed E-state index contributed by atoms with van der Waals surface area (Å²) in [4.78, 5) is 0. The third-order valence-electron chi connectivity index (χ3n) is 5.14. The van der Waals surface area contributed by atoms with E-state index in [9.17, 15) is 10.2 Å². The number of aliphatic hydroxyl groups is 2. The average Bonchev–Trinajstić information content (AvgIpc) is 2.90. The minimum atomic E-state index is -1.64. The summed E-state index contributed by atoms with van der Waals surface area (Å²) >= 11 is 0.